The molecule has 0 bridgehead atoms. The molecule has 1 aliphatic rings. The van der Waals surface area contributed by atoms with Crippen LogP contribution < -0.4 is 11.1 Å². The molecule has 1 unspecified atom stereocenters. The van der Waals surface area contributed by atoms with Crippen LogP contribution >= 0.6 is 11.6 Å². The third-order valence-corrected chi connectivity index (χ3v) is 4.61. The van der Waals surface area contributed by atoms with Crippen molar-refractivity contribution in [1.29, 1.82) is 0 Å². The Bertz CT molecular complexity index is 804. The number of carbonyl (C=O) groups is 2. The Morgan fingerprint density at radius 1 is 1.17 bits per heavy atom. The van der Waals surface area contributed by atoms with E-state index in [2.05, 4.69) is 5.32 Å². The molecule has 0 spiro atoms. The Hall–Kier alpha value is -2.35. The van der Waals surface area contributed by atoms with E-state index in [1.54, 1.807) is 38.1 Å². The molecule has 3 N–H and O–H groups in total. The van der Waals surface area contributed by atoms with Crippen LogP contribution in [0.3, 0.4) is 0 Å². The third-order valence-electron chi connectivity index (χ3n) is 4.27. The largest absolute Gasteiger partial charge is 0.466 e. The molecular formula is C22H31ClN2O5. The molecular weight excluding hydrogens is 408 g/mol. The van der Waals surface area contributed by atoms with Crippen molar-refractivity contribution >= 4 is 23.5 Å². The number of nitrogens with two attached hydrogens (primary N) is 1. The standard InChI is InChI=1S/C20H25ClN2O5.C2H6/c1-4-28-20(25)18-15(11-27-10-9-22)23-12(2)16(19(24)26-3)17(18)13-7-5-6-8-14(13)21;1-2/h5-8,17,23H,4,9-11,22H2,1-3H3;1-2H3. The molecule has 1 atom stereocenters. The smallest absolute Gasteiger partial charge is 0.336 e. The van der Waals surface area contributed by atoms with Gasteiger partial charge >= 0.3 is 11.9 Å². The van der Waals surface area contributed by atoms with E-state index < -0.39 is 17.9 Å². The SMILES string of the molecule is CC.CCOC(=O)C1=C(COCCN)NC(C)=C(C(=O)OC)C1c1ccccc1Cl. The van der Waals surface area contributed by atoms with Gasteiger partial charge in [0.1, 0.15) is 0 Å². The van der Waals surface area contributed by atoms with Crippen molar-refractivity contribution < 1.29 is 23.8 Å². The molecule has 0 radical (unpaired) electrons. The molecule has 0 saturated heterocycles. The van der Waals surface area contributed by atoms with Crippen molar-refractivity contribution in [2.24, 2.45) is 5.73 Å². The normalized spacial score (nSPS) is 15.8. The molecule has 0 aliphatic carbocycles. The van der Waals surface area contributed by atoms with Crippen molar-refractivity contribution in [3.63, 3.8) is 0 Å². The average molecular weight is 439 g/mol. The molecule has 1 aromatic rings. The molecule has 0 aromatic heterocycles. The molecule has 1 heterocycles. The first kappa shape index (κ1) is 25.7. The Balaban J connectivity index is 0.00000218. The summed E-state index contributed by atoms with van der Waals surface area (Å²) in [6, 6.07) is 7.05. The topological polar surface area (TPSA) is 99.9 Å². The zero-order valence-corrected chi connectivity index (χ0v) is 19.0. The fourth-order valence-corrected chi connectivity index (χ4v) is 3.36. The van der Waals surface area contributed by atoms with Gasteiger partial charge in [-0.15, -0.1) is 0 Å². The lowest BCUT2D eigenvalue weighted by atomic mass is 9.80. The summed E-state index contributed by atoms with van der Waals surface area (Å²) in [6.07, 6.45) is 0. The lowest BCUT2D eigenvalue weighted by Crippen LogP contribution is -2.35. The molecule has 8 heteroatoms. The highest BCUT2D eigenvalue weighted by Gasteiger charge is 2.39. The summed E-state index contributed by atoms with van der Waals surface area (Å²) in [5.74, 6) is -1.86. The number of rotatable bonds is 8. The van der Waals surface area contributed by atoms with Crippen LogP contribution in [-0.2, 0) is 23.8 Å². The minimum absolute atomic E-state index is 0.109. The number of benzene rings is 1. The van der Waals surface area contributed by atoms with Gasteiger partial charge in [-0.05, 0) is 25.5 Å². The van der Waals surface area contributed by atoms with Crippen molar-refractivity contribution in [2.75, 3.05) is 33.5 Å². The van der Waals surface area contributed by atoms with Crippen LogP contribution in [0.4, 0.5) is 0 Å². The minimum Gasteiger partial charge on any atom is -0.466 e. The number of carbonyl (C=O) groups excluding carboxylic acids is 2. The van der Waals surface area contributed by atoms with Crippen LogP contribution in [0.5, 0.6) is 0 Å². The Labute approximate surface area is 183 Å². The fraction of sp³-hybridized carbons (Fsp3) is 0.455. The van der Waals surface area contributed by atoms with E-state index in [4.69, 9.17) is 31.5 Å². The maximum Gasteiger partial charge on any atom is 0.336 e. The van der Waals surface area contributed by atoms with Crippen LogP contribution in [0, 0.1) is 0 Å². The van der Waals surface area contributed by atoms with Gasteiger partial charge in [-0.1, -0.05) is 43.6 Å². The van der Waals surface area contributed by atoms with E-state index in [1.807, 2.05) is 13.8 Å². The second kappa shape index (κ2) is 13.1. The number of hydrogen-bond donors (Lipinski definition) is 2. The second-order valence-electron chi connectivity index (χ2n) is 6.06. The van der Waals surface area contributed by atoms with Crippen molar-refractivity contribution in [3.05, 3.63) is 57.4 Å². The van der Waals surface area contributed by atoms with Gasteiger partial charge in [-0.2, -0.15) is 0 Å². The number of halogens is 1. The van der Waals surface area contributed by atoms with E-state index in [-0.39, 0.29) is 18.8 Å². The summed E-state index contributed by atoms with van der Waals surface area (Å²) in [4.78, 5) is 25.5. The van der Waals surface area contributed by atoms with Gasteiger partial charge in [-0.3, -0.25) is 0 Å². The van der Waals surface area contributed by atoms with Gasteiger partial charge < -0.3 is 25.3 Å². The quantitative estimate of drug-likeness (QED) is 0.474. The van der Waals surface area contributed by atoms with Crippen LogP contribution in [0.15, 0.2) is 46.8 Å². The van der Waals surface area contributed by atoms with Gasteiger partial charge in [-0.25, -0.2) is 9.59 Å². The predicted octanol–water partition coefficient (Wildman–Crippen LogP) is 3.29. The number of allylic oxidation sites excluding steroid dienone is 1. The Morgan fingerprint density at radius 3 is 2.40 bits per heavy atom. The minimum atomic E-state index is -0.752. The first-order valence-electron chi connectivity index (χ1n) is 9.94. The Kier molecular flexibility index (Phi) is 11.2. The zero-order valence-electron chi connectivity index (χ0n) is 18.2. The van der Waals surface area contributed by atoms with Crippen molar-refractivity contribution in [1.82, 2.24) is 5.32 Å². The number of ether oxygens (including phenoxy) is 3. The number of methoxy groups -OCH3 is 1. The molecule has 166 valence electrons. The van der Waals surface area contributed by atoms with E-state index >= 15 is 0 Å². The summed E-state index contributed by atoms with van der Waals surface area (Å²) in [5.41, 5.74) is 7.70. The summed E-state index contributed by atoms with van der Waals surface area (Å²) in [6.45, 7) is 8.42. The van der Waals surface area contributed by atoms with Gasteiger partial charge in [0.2, 0.25) is 0 Å². The second-order valence-corrected chi connectivity index (χ2v) is 6.47. The maximum atomic E-state index is 12.9. The highest BCUT2D eigenvalue weighted by molar-refractivity contribution is 6.31. The fourth-order valence-electron chi connectivity index (χ4n) is 3.12. The molecule has 1 aliphatic heterocycles. The molecule has 30 heavy (non-hydrogen) atoms. The van der Waals surface area contributed by atoms with E-state index in [0.29, 0.717) is 40.7 Å². The van der Waals surface area contributed by atoms with Gasteiger partial charge in [0.15, 0.2) is 0 Å². The first-order chi connectivity index (χ1) is 14.5. The first-order valence-corrected chi connectivity index (χ1v) is 10.3. The highest BCUT2D eigenvalue weighted by Crippen LogP contribution is 2.41. The van der Waals surface area contributed by atoms with E-state index in [9.17, 15) is 9.59 Å². The number of hydrogen-bond acceptors (Lipinski definition) is 7. The number of nitrogens with one attached hydrogen (secondary N) is 1. The van der Waals surface area contributed by atoms with Gasteiger partial charge in [0.25, 0.3) is 0 Å². The van der Waals surface area contributed by atoms with Crippen LogP contribution in [0.25, 0.3) is 0 Å². The van der Waals surface area contributed by atoms with Crippen molar-refractivity contribution in [3.8, 4) is 0 Å². The summed E-state index contributed by atoms with van der Waals surface area (Å²) < 4.78 is 15.8. The predicted molar refractivity (Wildman–Crippen MR) is 117 cm³/mol. The monoisotopic (exact) mass is 438 g/mol. The summed E-state index contributed by atoms with van der Waals surface area (Å²) >= 11 is 6.42. The summed E-state index contributed by atoms with van der Waals surface area (Å²) in [7, 11) is 1.29. The molecule has 0 fully saturated rings. The number of dihydropyridines is 1. The van der Waals surface area contributed by atoms with Crippen LogP contribution in [-0.4, -0.2) is 45.4 Å². The zero-order chi connectivity index (χ0) is 22.7. The molecule has 7 nitrogen and oxygen atoms in total. The van der Waals surface area contributed by atoms with E-state index in [0.717, 1.165) is 0 Å². The molecule has 0 saturated carbocycles. The highest BCUT2D eigenvalue weighted by atomic mass is 35.5. The summed E-state index contributed by atoms with van der Waals surface area (Å²) in [5, 5.41) is 3.52. The van der Waals surface area contributed by atoms with Gasteiger partial charge in [0.05, 0.1) is 49.7 Å². The van der Waals surface area contributed by atoms with Crippen LogP contribution in [0.2, 0.25) is 5.02 Å². The van der Waals surface area contributed by atoms with Crippen molar-refractivity contribution in [2.45, 2.75) is 33.6 Å². The Morgan fingerprint density at radius 2 is 1.83 bits per heavy atom. The third kappa shape index (κ3) is 6.08. The average Bonchev–Trinajstić information content (AvgIpc) is 2.75. The molecule has 1 aromatic carbocycles. The lowest BCUT2D eigenvalue weighted by Gasteiger charge is -2.31. The lowest BCUT2D eigenvalue weighted by molar-refractivity contribution is -0.139. The maximum absolute atomic E-state index is 12.9. The van der Waals surface area contributed by atoms with E-state index in [1.165, 1.54) is 7.11 Å². The number of esters is 2. The molecule has 2 rings (SSSR count). The molecule has 0 amide bonds. The van der Waals surface area contributed by atoms with Crippen LogP contribution in [0.1, 0.15) is 39.2 Å². The van der Waals surface area contributed by atoms with Gasteiger partial charge in [0, 0.05) is 17.3 Å².